The number of alkyl halides is 3. The normalized spacial score (nSPS) is 11.7. The van der Waals surface area contributed by atoms with Crippen molar-refractivity contribution in [1.82, 2.24) is 14.7 Å². The number of aromatic nitrogens is 3. The Hall–Kier alpha value is -3.62. The minimum absolute atomic E-state index is 0.0516. The molecule has 0 amide bonds. The fourth-order valence-corrected chi connectivity index (χ4v) is 3.07. The first-order valence-corrected chi connectivity index (χ1v) is 8.53. The summed E-state index contributed by atoms with van der Waals surface area (Å²) >= 11 is 0. The van der Waals surface area contributed by atoms with E-state index in [-0.39, 0.29) is 23.8 Å². The van der Waals surface area contributed by atoms with E-state index in [0.717, 1.165) is 17.6 Å². The SMILES string of the molecule is COC(=O)c1cn(Cc2nc(-c3cccc(C(F)(F)F)c3)no2)c2ccccc12. The third-order valence-electron chi connectivity index (χ3n) is 4.42. The van der Waals surface area contributed by atoms with Crippen molar-refractivity contribution in [3.63, 3.8) is 0 Å². The summed E-state index contributed by atoms with van der Waals surface area (Å²) < 4.78 is 50.5. The van der Waals surface area contributed by atoms with Crippen LogP contribution in [0.2, 0.25) is 0 Å². The van der Waals surface area contributed by atoms with Crippen LogP contribution in [-0.4, -0.2) is 27.8 Å². The summed E-state index contributed by atoms with van der Waals surface area (Å²) in [6.07, 6.45) is -2.85. The number of benzene rings is 2. The standard InChI is InChI=1S/C20H14F3N3O3/c1-28-19(27)15-10-26(16-8-3-2-7-14(15)16)11-17-24-18(25-29-17)12-5-4-6-13(9-12)20(21,22)23/h2-10H,11H2,1H3. The second-order valence-electron chi connectivity index (χ2n) is 6.27. The van der Waals surface area contributed by atoms with E-state index in [0.29, 0.717) is 10.9 Å². The van der Waals surface area contributed by atoms with Gasteiger partial charge in [0.2, 0.25) is 11.7 Å². The average molecular weight is 401 g/mol. The number of rotatable bonds is 4. The highest BCUT2D eigenvalue weighted by atomic mass is 19.4. The van der Waals surface area contributed by atoms with Crippen molar-refractivity contribution < 1.29 is 27.2 Å². The molecular formula is C20H14F3N3O3. The molecule has 0 N–H and O–H groups in total. The number of carbonyl (C=O) groups is 1. The first-order chi connectivity index (χ1) is 13.9. The highest BCUT2D eigenvalue weighted by molar-refractivity contribution is 6.04. The van der Waals surface area contributed by atoms with Crippen molar-refractivity contribution in [2.75, 3.05) is 7.11 Å². The third-order valence-corrected chi connectivity index (χ3v) is 4.42. The predicted molar refractivity (Wildman–Crippen MR) is 97.1 cm³/mol. The van der Waals surface area contributed by atoms with Gasteiger partial charge in [-0.15, -0.1) is 0 Å². The Bertz CT molecular complexity index is 1190. The fourth-order valence-electron chi connectivity index (χ4n) is 3.07. The van der Waals surface area contributed by atoms with Crippen LogP contribution in [0.4, 0.5) is 13.2 Å². The highest BCUT2D eigenvalue weighted by Gasteiger charge is 2.30. The van der Waals surface area contributed by atoms with Crippen LogP contribution < -0.4 is 0 Å². The largest absolute Gasteiger partial charge is 0.465 e. The van der Waals surface area contributed by atoms with E-state index in [9.17, 15) is 18.0 Å². The summed E-state index contributed by atoms with van der Waals surface area (Å²) in [5.41, 5.74) is 0.551. The van der Waals surface area contributed by atoms with Gasteiger partial charge in [-0.3, -0.25) is 0 Å². The number of para-hydroxylation sites is 1. The first kappa shape index (κ1) is 18.7. The lowest BCUT2D eigenvalue weighted by Crippen LogP contribution is -2.04. The van der Waals surface area contributed by atoms with E-state index in [4.69, 9.17) is 9.26 Å². The van der Waals surface area contributed by atoms with Crippen LogP contribution in [0.3, 0.4) is 0 Å². The van der Waals surface area contributed by atoms with Gasteiger partial charge in [0.1, 0.15) is 6.54 Å². The lowest BCUT2D eigenvalue weighted by molar-refractivity contribution is -0.137. The molecule has 4 aromatic rings. The molecule has 0 atom stereocenters. The van der Waals surface area contributed by atoms with E-state index < -0.39 is 17.7 Å². The molecule has 9 heteroatoms. The summed E-state index contributed by atoms with van der Waals surface area (Å²) in [5, 5.41) is 4.49. The van der Waals surface area contributed by atoms with Gasteiger partial charge in [0.25, 0.3) is 0 Å². The molecule has 29 heavy (non-hydrogen) atoms. The van der Waals surface area contributed by atoms with Gasteiger partial charge in [-0.25, -0.2) is 4.79 Å². The lowest BCUT2D eigenvalue weighted by Gasteiger charge is -2.06. The van der Waals surface area contributed by atoms with Crippen LogP contribution in [0.15, 0.2) is 59.3 Å². The number of methoxy groups -OCH3 is 1. The average Bonchev–Trinajstić information content (AvgIpc) is 3.33. The zero-order chi connectivity index (χ0) is 20.6. The number of carbonyl (C=O) groups excluding carboxylic acids is 1. The Labute approximate surface area is 162 Å². The van der Waals surface area contributed by atoms with Crippen molar-refractivity contribution in [2.24, 2.45) is 0 Å². The second-order valence-corrected chi connectivity index (χ2v) is 6.27. The minimum atomic E-state index is -4.46. The maximum Gasteiger partial charge on any atom is 0.416 e. The Kier molecular flexibility index (Phi) is 4.57. The summed E-state index contributed by atoms with van der Waals surface area (Å²) in [6.45, 7) is 0.142. The quantitative estimate of drug-likeness (QED) is 0.470. The van der Waals surface area contributed by atoms with Crippen molar-refractivity contribution >= 4 is 16.9 Å². The summed E-state index contributed by atoms with van der Waals surface area (Å²) in [5.74, 6) is -0.236. The number of ether oxygens (including phenoxy) is 1. The van der Waals surface area contributed by atoms with Gasteiger partial charge in [-0.1, -0.05) is 35.5 Å². The lowest BCUT2D eigenvalue weighted by atomic mass is 10.1. The van der Waals surface area contributed by atoms with E-state index in [1.807, 2.05) is 12.1 Å². The molecule has 6 nitrogen and oxygen atoms in total. The molecule has 148 valence electrons. The molecule has 2 heterocycles. The van der Waals surface area contributed by atoms with Gasteiger partial charge in [-0.2, -0.15) is 18.2 Å². The van der Waals surface area contributed by atoms with Crippen LogP contribution in [0.25, 0.3) is 22.3 Å². The van der Waals surface area contributed by atoms with Gasteiger partial charge in [0, 0.05) is 22.7 Å². The number of esters is 1. The molecule has 2 aromatic carbocycles. The van der Waals surface area contributed by atoms with E-state index >= 15 is 0 Å². The van der Waals surface area contributed by atoms with Crippen molar-refractivity contribution in [1.29, 1.82) is 0 Å². The Balaban J connectivity index is 1.66. The van der Waals surface area contributed by atoms with Crippen molar-refractivity contribution in [3.8, 4) is 11.4 Å². The highest BCUT2D eigenvalue weighted by Crippen LogP contribution is 2.31. The van der Waals surface area contributed by atoms with Crippen LogP contribution in [0.1, 0.15) is 21.8 Å². The molecule has 0 spiro atoms. The molecule has 0 radical (unpaired) electrons. The smallest absolute Gasteiger partial charge is 0.416 e. The number of nitrogens with zero attached hydrogens (tertiary/aromatic N) is 3. The molecule has 0 aliphatic carbocycles. The van der Waals surface area contributed by atoms with Crippen molar-refractivity contribution in [3.05, 3.63) is 71.7 Å². The Morgan fingerprint density at radius 1 is 1.17 bits per heavy atom. The van der Waals surface area contributed by atoms with E-state index in [1.54, 1.807) is 22.9 Å². The van der Waals surface area contributed by atoms with Gasteiger partial charge in [0.05, 0.1) is 18.2 Å². The zero-order valence-corrected chi connectivity index (χ0v) is 15.1. The molecule has 0 saturated carbocycles. The number of fused-ring (bicyclic) bond motifs is 1. The third kappa shape index (κ3) is 3.58. The molecule has 0 bridgehead atoms. The van der Waals surface area contributed by atoms with Crippen LogP contribution >= 0.6 is 0 Å². The number of hydrogen-bond acceptors (Lipinski definition) is 5. The topological polar surface area (TPSA) is 70.2 Å². The summed E-state index contributed by atoms with van der Waals surface area (Å²) in [6, 6.07) is 11.9. The minimum Gasteiger partial charge on any atom is -0.465 e. The number of halogens is 3. The maximum absolute atomic E-state index is 12.9. The number of hydrogen-bond donors (Lipinski definition) is 0. The molecule has 4 rings (SSSR count). The maximum atomic E-state index is 12.9. The molecule has 0 unspecified atom stereocenters. The molecule has 0 fully saturated rings. The first-order valence-electron chi connectivity index (χ1n) is 8.53. The van der Waals surface area contributed by atoms with Gasteiger partial charge in [-0.05, 0) is 18.2 Å². The van der Waals surface area contributed by atoms with Crippen LogP contribution in [0.5, 0.6) is 0 Å². The van der Waals surface area contributed by atoms with Crippen LogP contribution in [-0.2, 0) is 17.5 Å². The summed E-state index contributed by atoms with van der Waals surface area (Å²) in [4.78, 5) is 16.2. The Morgan fingerprint density at radius 2 is 1.97 bits per heavy atom. The summed E-state index contributed by atoms with van der Waals surface area (Å²) in [7, 11) is 1.30. The van der Waals surface area contributed by atoms with E-state index in [1.165, 1.54) is 19.2 Å². The molecule has 0 aliphatic heterocycles. The Morgan fingerprint density at radius 3 is 2.72 bits per heavy atom. The van der Waals surface area contributed by atoms with Gasteiger partial charge >= 0.3 is 12.1 Å². The molecule has 2 aromatic heterocycles. The second kappa shape index (κ2) is 7.08. The molecular weight excluding hydrogens is 387 g/mol. The monoisotopic (exact) mass is 401 g/mol. The predicted octanol–water partition coefficient (Wildman–Crippen LogP) is 4.55. The van der Waals surface area contributed by atoms with Gasteiger partial charge < -0.3 is 13.8 Å². The molecule has 0 aliphatic rings. The molecule has 0 saturated heterocycles. The van der Waals surface area contributed by atoms with Crippen LogP contribution in [0, 0.1) is 0 Å². The van der Waals surface area contributed by atoms with E-state index in [2.05, 4.69) is 10.1 Å². The van der Waals surface area contributed by atoms with Gasteiger partial charge in [0.15, 0.2) is 0 Å². The van der Waals surface area contributed by atoms with Crippen molar-refractivity contribution in [2.45, 2.75) is 12.7 Å². The fraction of sp³-hybridized carbons (Fsp3) is 0.150. The zero-order valence-electron chi connectivity index (χ0n) is 15.1.